The molecule has 1 saturated heterocycles. The summed E-state index contributed by atoms with van der Waals surface area (Å²) in [6.45, 7) is 1.74. The van der Waals surface area contributed by atoms with Crippen molar-refractivity contribution in [3.05, 3.63) is 39.9 Å². The molecule has 156 valence electrons. The number of rotatable bonds is 9. The average molecular weight is 406 g/mol. The van der Waals surface area contributed by atoms with Crippen molar-refractivity contribution in [2.24, 2.45) is 5.73 Å². The smallest absolute Gasteiger partial charge is 0.306 e. The van der Waals surface area contributed by atoms with Crippen LogP contribution in [0.25, 0.3) is 0 Å². The Bertz CT molecular complexity index is 809. The molecule has 0 aliphatic carbocycles. The minimum atomic E-state index is -1.29. The molecule has 11 nitrogen and oxygen atoms in total. The largest absolute Gasteiger partial charge is 0.466 e. The number of nitro groups is 1. The van der Waals surface area contributed by atoms with Gasteiger partial charge in [-0.25, -0.2) is 0 Å². The molecule has 3 atom stereocenters. The lowest BCUT2D eigenvalue weighted by atomic mass is 9.87. The summed E-state index contributed by atoms with van der Waals surface area (Å²) in [5.41, 5.74) is 5.70. The van der Waals surface area contributed by atoms with Gasteiger partial charge in [0.05, 0.1) is 18.0 Å². The monoisotopic (exact) mass is 406 g/mol. The van der Waals surface area contributed by atoms with Crippen LogP contribution in [0.2, 0.25) is 0 Å². The molecule has 0 saturated carbocycles. The Balaban J connectivity index is 2.30. The fourth-order valence-corrected chi connectivity index (χ4v) is 3.11. The van der Waals surface area contributed by atoms with Gasteiger partial charge < -0.3 is 21.1 Å². The minimum Gasteiger partial charge on any atom is -0.466 e. The van der Waals surface area contributed by atoms with Crippen LogP contribution in [0.5, 0.6) is 0 Å². The summed E-state index contributed by atoms with van der Waals surface area (Å²) in [6, 6.07) is 3.15. The van der Waals surface area contributed by atoms with E-state index in [9.17, 15) is 29.3 Å². The summed E-state index contributed by atoms with van der Waals surface area (Å²) in [7, 11) is 0. The highest BCUT2D eigenvalue weighted by atomic mass is 16.6. The Labute approximate surface area is 166 Å². The van der Waals surface area contributed by atoms with Gasteiger partial charge in [-0.3, -0.25) is 29.3 Å². The standard InChI is InChI=1S/C18H22N4O7/c1-2-29-15(24)9-12(10-3-5-11(6-4-10)22(27)28)16(17(19)25)21-18(26)13-7-8-14(23)20-13/h3-6,12-13,16H,2,7-9H2,1H3,(H2,19,25)(H,20,23)(H,21,26)/t12-,13-,16+/m1/s1. The number of hydrogen-bond acceptors (Lipinski definition) is 7. The average Bonchev–Trinajstić information content (AvgIpc) is 3.11. The number of ether oxygens (including phenoxy) is 1. The second-order valence-electron chi connectivity index (χ2n) is 6.51. The number of non-ortho nitro benzene ring substituents is 1. The van der Waals surface area contributed by atoms with Gasteiger partial charge in [0.2, 0.25) is 17.7 Å². The van der Waals surface area contributed by atoms with Crippen LogP contribution in [0.1, 0.15) is 37.7 Å². The van der Waals surface area contributed by atoms with Crippen LogP contribution in [-0.2, 0) is 23.9 Å². The molecule has 4 N–H and O–H groups in total. The van der Waals surface area contributed by atoms with E-state index in [0.29, 0.717) is 5.56 Å². The van der Waals surface area contributed by atoms with Crippen molar-refractivity contribution < 1.29 is 28.8 Å². The van der Waals surface area contributed by atoms with Gasteiger partial charge in [-0.05, 0) is 18.9 Å². The number of primary amides is 1. The first-order valence-electron chi connectivity index (χ1n) is 9.02. The van der Waals surface area contributed by atoms with Crippen molar-refractivity contribution in [1.29, 1.82) is 0 Å². The summed E-state index contributed by atoms with van der Waals surface area (Å²) >= 11 is 0. The number of benzene rings is 1. The zero-order valence-electron chi connectivity index (χ0n) is 15.8. The molecule has 0 unspecified atom stereocenters. The summed E-state index contributed by atoms with van der Waals surface area (Å²) in [5, 5.41) is 15.9. The first kappa shape index (κ1) is 21.8. The molecule has 1 fully saturated rings. The van der Waals surface area contributed by atoms with Crippen molar-refractivity contribution in [3.8, 4) is 0 Å². The quantitative estimate of drug-likeness (QED) is 0.291. The highest BCUT2D eigenvalue weighted by Gasteiger charge is 2.35. The lowest BCUT2D eigenvalue weighted by molar-refractivity contribution is -0.384. The van der Waals surface area contributed by atoms with E-state index in [1.165, 1.54) is 24.3 Å². The maximum Gasteiger partial charge on any atom is 0.306 e. The number of nitrogens with one attached hydrogen (secondary N) is 2. The Kier molecular flexibility index (Phi) is 7.23. The van der Waals surface area contributed by atoms with Crippen LogP contribution in [0.3, 0.4) is 0 Å². The molecule has 0 bridgehead atoms. The van der Waals surface area contributed by atoms with Gasteiger partial charge in [0.15, 0.2) is 0 Å². The van der Waals surface area contributed by atoms with Gasteiger partial charge in [0.25, 0.3) is 5.69 Å². The van der Waals surface area contributed by atoms with E-state index >= 15 is 0 Å². The predicted molar refractivity (Wildman–Crippen MR) is 99.4 cm³/mol. The molecule has 1 aromatic rings. The molecule has 1 aliphatic heterocycles. The lowest BCUT2D eigenvalue weighted by Gasteiger charge is -2.26. The van der Waals surface area contributed by atoms with Crippen molar-refractivity contribution in [2.75, 3.05) is 6.61 Å². The molecular formula is C18H22N4O7. The Morgan fingerprint density at radius 1 is 1.34 bits per heavy atom. The second kappa shape index (κ2) is 9.62. The second-order valence-corrected chi connectivity index (χ2v) is 6.51. The van der Waals surface area contributed by atoms with E-state index in [1.54, 1.807) is 6.92 Å². The molecule has 0 radical (unpaired) electrons. The molecule has 3 amide bonds. The fraction of sp³-hybridized carbons (Fsp3) is 0.444. The van der Waals surface area contributed by atoms with Crippen LogP contribution in [0.15, 0.2) is 24.3 Å². The van der Waals surface area contributed by atoms with E-state index in [4.69, 9.17) is 10.5 Å². The molecule has 0 aromatic heterocycles. The topological polar surface area (TPSA) is 171 Å². The Hall–Kier alpha value is -3.50. The van der Waals surface area contributed by atoms with E-state index in [0.717, 1.165) is 0 Å². The highest BCUT2D eigenvalue weighted by Crippen LogP contribution is 2.27. The van der Waals surface area contributed by atoms with E-state index in [2.05, 4.69) is 10.6 Å². The Morgan fingerprint density at radius 3 is 2.48 bits per heavy atom. The molecule has 1 heterocycles. The molecule has 1 aromatic carbocycles. The third-order valence-corrected chi connectivity index (χ3v) is 4.54. The number of esters is 1. The van der Waals surface area contributed by atoms with Crippen molar-refractivity contribution in [1.82, 2.24) is 10.6 Å². The Morgan fingerprint density at radius 2 is 2.00 bits per heavy atom. The van der Waals surface area contributed by atoms with Gasteiger partial charge in [-0.2, -0.15) is 0 Å². The highest BCUT2D eigenvalue weighted by molar-refractivity contribution is 5.94. The number of nitrogens with zero attached hydrogens (tertiary/aromatic N) is 1. The lowest BCUT2D eigenvalue weighted by Crippen LogP contribution is -2.53. The summed E-state index contributed by atoms with van der Waals surface area (Å²) < 4.78 is 4.94. The number of carbonyl (C=O) groups is 4. The molecule has 1 aliphatic rings. The molecular weight excluding hydrogens is 384 g/mol. The maximum absolute atomic E-state index is 12.5. The fourth-order valence-electron chi connectivity index (χ4n) is 3.11. The van der Waals surface area contributed by atoms with Crippen molar-refractivity contribution in [2.45, 2.75) is 44.2 Å². The van der Waals surface area contributed by atoms with E-state index < -0.39 is 40.7 Å². The van der Waals surface area contributed by atoms with Crippen molar-refractivity contribution >= 4 is 29.4 Å². The SMILES string of the molecule is CCOC(=O)C[C@H](c1ccc([N+](=O)[O-])cc1)[C@H](NC(=O)[C@H]1CCC(=O)N1)C(N)=O. The molecule has 2 rings (SSSR count). The van der Waals surface area contributed by atoms with E-state index in [1.807, 2.05) is 0 Å². The summed E-state index contributed by atoms with van der Waals surface area (Å²) in [4.78, 5) is 58.2. The zero-order valence-corrected chi connectivity index (χ0v) is 15.8. The number of amides is 3. The van der Waals surface area contributed by atoms with Crippen LogP contribution < -0.4 is 16.4 Å². The summed E-state index contributed by atoms with van der Waals surface area (Å²) in [5.74, 6) is -3.30. The first-order valence-corrected chi connectivity index (χ1v) is 9.02. The normalized spacial score (nSPS) is 17.7. The maximum atomic E-state index is 12.5. The summed E-state index contributed by atoms with van der Waals surface area (Å²) in [6.07, 6.45) is 0.181. The van der Waals surface area contributed by atoms with E-state index in [-0.39, 0.29) is 37.5 Å². The van der Waals surface area contributed by atoms with Gasteiger partial charge >= 0.3 is 5.97 Å². The van der Waals surface area contributed by atoms with Gasteiger partial charge in [0, 0.05) is 24.5 Å². The first-order chi connectivity index (χ1) is 13.7. The zero-order chi connectivity index (χ0) is 21.6. The van der Waals surface area contributed by atoms with Crippen molar-refractivity contribution in [3.63, 3.8) is 0 Å². The number of hydrogen-bond donors (Lipinski definition) is 3. The molecule has 11 heteroatoms. The van der Waals surface area contributed by atoms with Gasteiger partial charge in [-0.1, -0.05) is 12.1 Å². The third-order valence-electron chi connectivity index (χ3n) is 4.54. The number of nitro benzene ring substituents is 1. The minimum absolute atomic E-state index is 0.119. The predicted octanol–water partition coefficient (Wildman–Crippen LogP) is -0.120. The van der Waals surface area contributed by atoms with Gasteiger partial charge in [-0.15, -0.1) is 0 Å². The van der Waals surface area contributed by atoms with Crippen LogP contribution in [0, 0.1) is 10.1 Å². The third kappa shape index (κ3) is 5.74. The van der Waals surface area contributed by atoms with Crippen LogP contribution >= 0.6 is 0 Å². The van der Waals surface area contributed by atoms with Gasteiger partial charge in [0.1, 0.15) is 12.1 Å². The molecule has 29 heavy (non-hydrogen) atoms. The van der Waals surface area contributed by atoms with Crippen LogP contribution in [0.4, 0.5) is 5.69 Å². The number of nitrogens with two attached hydrogens (primary N) is 1. The number of carbonyl (C=O) groups excluding carboxylic acids is 4. The van der Waals surface area contributed by atoms with Crippen LogP contribution in [-0.4, -0.2) is 47.3 Å². The molecule has 0 spiro atoms.